The second-order valence-electron chi connectivity index (χ2n) is 32.8. The van der Waals surface area contributed by atoms with E-state index in [1.165, 1.54) is 289 Å². The topological polar surface area (TPSA) is 373 Å². The molecule has 3 saturated heterocycles. The summed E-state index contributed by atoms with van der Waals surface area (Å²) in [5, 5.41) is 137. The summed E-state index contributed by atoms with van der Waals surface area (Å²) in [4.78, 5) is 38.7. The minimum absolute atomic E-state index is 0.204. The van der Waals surface area contributed by atoms with Crippen LogP contribution < -0.4 is 10.6 Å². The van der Waals surface area contributed by atoms with E-state index in [9.17, 15) is 75.7 Å². The van der Waals surface area contributed by atoms with Gasteiger partial charge in [-0.15, -0.1) is 0 Å². The van der Waals surface area contributed by atoms with Crippen molar-refractivity contribution in [2.75, 3.05) is 26.4 Å². The number of carbonyl (C=O) groups excluding carboxylic acids is 2. The molecule has 3 aliphatic heterocycles. The maximum atomic E-state index is 13.6. The van der Waals surface area contributed by atoms with Gasteiger partial charge in [-0.3, -0.25) is 9.59 Å². The molecule has 111 heavy (non-hydrogen) atoms. The summed E-state index contributed by atoms with van der Waals surface area (Å²) < 4.78 is 35.0. The van der Waals surface area contributed by atoms with Gasteiger partial charge in [-0.25, -0.2) is 4.79 Å². The molecule has 2 amide bonds. The van der Waals surface area contributed by atoms with E-state index in [2.05, 4.69) is 36.6 Å². The Morgan fingerprint density at radius 1 is 0.468 bits per heavy atom. The molecule has 0 spiro atoms. The van der Waals surface area contributed by atoms with Crippen LogP contribution in [0.3, 0.4) is 0 Å². The highest BCUT2D eigenvalue weighted by atomic mass is 16.8. The van der Waals surface area contributed by atoms with Crippen molar-refractivity contribution in [1.82, 2.24) is 10.6 Å². The second-order valence-corrected chi connectivity index (χ2v) is 32.8. The molecule has 23 nitrogen and oxygen atoms in total. The lowest BCUT2D eigenvalue weighted by atomic mass is 9.88. The van der Waals surface area contributed by atoms with E-state index in [1.807, 2.05) is 6.08 Å². The number of nitrogens with one attached hydrogen (secondary N) is 2. The van der Waals surface area contributed by atoms with Crippen LogP contribution in [-0.2, 0) is 42.8 Å². The smallest absolute Gasteiger partial charge is 0.364 e. The zero-order chi connectivity index (χ0) is 81.0. The van der Waals surface area contributed by atoms with Crippen molar-refractivity contribution in [2.24, 2.45) is 0 Å². The summed E-state index contributed by atoms with van der Waals surface area (Å²) in [6.07, 6.45) is 48.2. The highest BCUT2D eigenvalue weighted by Gasteiger charge is 2.60. The first-order valence-electron chi connectivity index (χ1n) is 45.2. The molecule has 3 fully saturated rings. The summed E-state index contributed by atoms with van der Waals surface area (Å²) in [5.74, 6) is -6.13. The first kappa shape index (κ1) is 102. The van der Waals surface area contributed by atoms with Gasteiger partial charge < -0.3 is 100 Å². The monoisotopic (exact) mass is 1590 g/mol. The molecule has 0 aliphatic carbocycles. The van der Waals surface area contributed by atoms with Gasteiger partial charge in [-0.1, -0.05) is 340 Å². The lowest BCUT2D eigenvalue weighted by molar-refractivity contribution is -0.386. The van der Waals surface area contributed by atoms with E-state index in [4.69, 9.17) is 28.4 Å². The van der Waals surface area contributed by atoms with Crippen molar-refractivity contribution < 1.29 is 104 Å². The quantitative estimate of drug-likeness (QED) is 0.0199. The zero-order valence-corrected chi connectivity index (χ0v) is 69.6. The largest absolute Gasteiger partial charge is 0.477 e. The lowest BCUT2D eigenvalue weighted by Crippen LogP contribution is -2.70. The van der Waals surface area contributed by atoms with Crippen LogP contribution in [0.25, 0.3) is 0 Å². The second kappa shape index (κ2) is 66.2. The fourth-order valence-electron chi connectivity index (χ4n) is 15.8. The number of carbonyl (C=O) groups is 3. The number of hydrogen-bond donors (Lipinski definition) is 14. The Morgan fingerprint density at radius 2 is 0.847 bits per heavy atom. The van der Waals surface area contributed by atoms with Crippen LogP contribution in [0.15, 0.2) is 24.3 Å². The van der Waals surface area contributed by atoms with Gasteiger partial charge in [0.15, 0.2) is 12.6 Å². The van der Waals surface area contributed by atoms with E-state index >= 15 is 0 Å². The summed E-state index contributed by atoms with van der Waals surface area (Å²) in [6.45, 7) is 2.20. The van der Waals surface area contributed by atoms with Gasteiger partial charge in [-0.05, 0) is 44.9 Å². The van der Waals surface area contributed by atoms with Gasteiger partial charge in [0.25, 0.3) is 5.79 Å². The standard InChI is InChI=1S/C88H164N2O21/c1-4-6-8-10-12-14-16-18-20-22-24-25-26-27-28-29-30-31-32-33-34-35-36-37-38-39-40-41-42-43-44-46-48-50-52-54-56-58-60-62-75(98)90-69(70(95)61-59-57-55-53-51-49-47-45-23-21-19-17-15-13-11-9-7-5-2)67-106-85-80(102)79(101)82(74(66-93)108-85)109-86-81(103)84(78(100)73(65-92)107-86)111-88(87(104)105)63-71(96)76(89-68(3)94)83(110-88)77(99)72(97)64-91/h33-34,59,61,69-74,76-86,91-93,95-97,99-103H,4-32,35-58,60,62-67H2,1-3H3,(H,89,94)(H,90,98)(H,104,105)/b34-33-,61-59+. The number of aliphatic hydroxyl groups excluding tert-OH is 11. The molecule has 3 heterocycles. The zero-order valence-electron chi connectivity index (χ0n) is 69.6. The average molecular weight is 1590 g/mol. The van der Waals surface area contributed by atoms with Crippen LogP contribution in [0.1, 0.15) is 380 Å². The Hall–Kier alpha value is -2.79. The molecule has 0 bridgehead atoms. The summed E-state index contributed by atoms with van der Waals surface area (Å²) in [7, 11) is 0. The lowest BCUT2D eigenvalue weighted by Gasteiger charge is -2.50. The number of aliphatic carboxylic acids is 1. The van der Waals surface area contributed by atoms with Gasteiger partial charge in [-0.2, -0.15) is 0 Å². The van der Waals surface area contributed by atoms with Crippen molar-refractivity contribution in [2.45, 2.75) is 490 Å². The van der Waals surface area contributed by atoms with Gasteiger partial charge in [0, 0.05) is 19.8 Å². The summed E-state index contributed by atoms with van der Waals surface area (Å²) >= 11 is 0. The molecule has 0 saturated carbocycles. The van der Waals surface area contributed by atoms with Crippen molar-refractivity contribution in [3.05, 3.63) is 24.3 Å². The first-order valence-corrected chi connectivity index (χ1v) is 45.2. The Balaban J connectivity index is 1.40. The number of ether oxygens (including phenoxy) is 6. The van der Waals surface area contributed by atoms with Gasteiger partial charge in [0.2, 0.25) is 11.8 Å². The van der Waals surface area contributed by atoms with Crippen LogP contribution in [0.2, 0.25) is 0 Å². The van der Waals surface area contributed by atoms with Crippen molar-refractivity contribution >= 4 is 17.8 Å². The first-order chi connectivity index (χ1) is 53.9. The molecule has 3 rings (SSSR count). The predicted molar refractivity (Wildman–Crippen MR) is 435 cm³/mol. The number of amides is 2. The third-order valence-electron chi connectivity index (χ3n) is 22.9. The highest BCUT2D eigenvalue weighted by molar-refractivity contribution is 5.77. The normalized spacial score (nSPS) is 25.5. The molecule has 18 atom stereocenters. The Labute approximate surface area is 670 Å². The molecule has 23 heteroatoms. The van der Waals surface area contributed by atoms with E-state index in [0.717, 1.165) is 51.9 Å². The molecular weight excluding hydrogens is 1420 g/mol. The molecule has 0 aromatic heterocycles. The maximum Gasteiger partial charge on any atom is 0.364 e. The molecule has 652 valence electrons. The number of aliphatic hydroxyl groups is 11. The molecule has 14 N–H and O–H groups in total. The van der Waals surface area contributed by atoms with E-state index in [1.54, 1.807) is 6.08 Å². The Bertz CT molecular complexity index is 2290. The van der Waals surface area contributed by atoms with Crippen molar-refractivity contribution in [3.8, 4) is 0 Å². The molecule has 0 radical (unpaired) electrons. The molecule has 0 aromatic rings. The van der Waals surface area contributed by atoms with Crippen molar-refractivity contribution in [3.63, 3.8) is 0 Å². The maximum absolute atomic E-state index is 13.6. The minimum Gasteiger partial charge on any atom is -0.477 e. The number of carboxylic acid groups (broad SMARTS) is 1. The minimum atomic E-state index is -3.08. The van der Waals surface area contributed by atoms with Crippen LogP contribution in [0.5, 0.6) is 0 Å². The third kappa shape index (κ3) is 45.1. The van der Waals surface area contributed by atoms with Gasteiger partial charge in [0.05, 0.1) is 50.7 Å². The Kier molecular flexibility index (Phi) is 61.0. The number of carboxylic acids is 1. The van der Waals surface area contributed by atoms with Crippen LogP contribution >= 0.6 is 0 Å². The molecule has 3 aliphatic rings. The Morgan fingerprint density at radius 3 is 1.23 bits per heavy atom. The van der Waals surface area contributed by atoms with E-state index in [-0.39, 0.29) is 12.3 Å². The van der Waals surface area contributed by atoms with Crippen LogP contribution in [0.4, 0.5) is 0 Å². The van der Waals surface area contributed by atoms with Crippen LogP contribution in [0, 0.1) is 0 Å². The van der Waals surface area contributed by atoms with Crippen molar-refractivity contribution in [1.29, 1.82) is 0 Å². The number of allylic oxidation sites excluding steroid dienone is 3. The summed E-state index contributed by atoms with van der Waals surface area (Å²) in [5.41, 5.74) is 0. The highest BCUT2D eigenvalue weighted by Crippen LogP contribution is 2.39. The van der Waals surface area contributed by atoms with E-state index in [0.29, 0.717) is 12.8 Å². The number of rotatable bonds is 73. The fraction of sp³-hybridized carbons (Fsp3) is 0.920. The number of unbranched alkanes of at least 4 members (excludes halogenated alkanes) is 51. The predicted octanol–water partition coefficient (Wildman–Crippen LogP) is 14.3. The van der Waals surface area contributed by atoms with Gasteiger partial charge in [0.1, 0.15) is 67.1 Å². The van der Waals surface area contributed by atoms with E-state index < -0.39 is 155 Å². The molecule has 0 aromatic carbocycles. The molecular formula is C88H164N2O21. The summed E-state index contributed by atoms with van der Waals surface area (Å²) in [6, 6.07) is -2.62. The SMILES string of the molecule is CCCCCCCCCCCCCCCCCC/C=C/C(O)C(COC1OC(CO)C(OC2OC(CO)C(O)C(OC3(C(=O)O)CC(O)C(NC(C)=O)C(C(O)C(O)CO)O3)C2O)C(O)C1O)NC(=O)CCCCCCCCCCCCCCCCCCC/C=C\CCCCCCCCCCCCCCCCCCCC. The third-order valence-corrected chi connectivity index (χ3v) is 22.9. The van der Waals surface area contributed by atoms with Crippen LogP contribution in [-0.4, -0.2) is 215 Å². The van der Waals surface area contributed by atoms with Gasteiger partial charge >= 0.3 is 5.97 Å². The average Bonchev–Trinajstić information content (AvgIpc) is 0.754. The molecule has 18 unspecified atom stereocenters. The fourth-order valence-corrected chi connectivity index (χ4v) is 15.8. The number of hydrogen-bond acceptors (Lipinski definition) is 20.